The Morgan fingerprint density at radius 3 is 2.82 bits per heavy atom. The maximum Gasteiger partial charge on any atom is 0.414 e. The molecule has 1 aromatic carbocycles. The Bertz CT molecular complexity index is 1110. The molecule has 13 heteroatoms. The van der Waals surface area contributed by atoms with E-state index in [2.05, 4.69) is 15.4 Å². The van der Waals surface area contributed by atoms with E-state index in [4.69, 9.17) is 10.5 Å². The molecule has 0 radical (unpaired) electrons. The standard InChI is InChI=1S/C20H22FN7O4S/c1-12(29)23-8-15-9-27(20(31)32-15)14-2-3-17(16(21)7-14)26-4-5-28(24-11-26)18(30)6-13-10-33-19(22)25-13/h2-3,7,10-11,15H,4-6,8-9H2,1H3,(H2,22,25)(H,23,29)/t15-/m0/s1. The Kier molecular flexibility index (Phi) is 6.40. The summed E-state index contributed by atoms with van der Waals surface area (Å²) in [5, 5.41) is 10.2. The van der Waals surface area contributed by atoms with Crippen molar-refractivity contribution in [1.29, 1.82) is 0 Å². The van der Waals surface area contributed by atoms with Crippen molar-refractivity contribution in [3.63, 3.8) is 0 Å². The third kappa shape index (κ3) is 5.19. The van der Waals surface area contributed by atoms with Gasteiger partial charge in [-0.15, -0.1) is 11.3 Å². The molecule has 1 fully saturated rings. The molecule has 4 rings (SSSR count). The zero-order chi connectivity index (χ0) is 23.5. The number of nitrogen functional groups attached to an aromatic ring is 1. The molecule has 0 spiro atoms. The van der Waals surface area contributed by atoms with E-state index in [1.807, 2.05) is 0 Å². The number of carbonyl (C=O) groups excluding carboxylic acids is 3. The quantitative estimate of drug-likeness (QED) is 0.640. The predicted molar refractivity (Wildman–Crippen MR) is 120 cm³/mol. The van der Waals surface area contributed by atoms with Crippen LogP contribution in [0.1, 0.15) is 12.6 Å². The molecule has 0 aliphatic carbocycles. The molecule has 1 saturated heterocycles. The number of benzene rings is 1. The second-order valence-electron chi connectivity index (χ2n) is 7.48. The van der Waals surface area contributed by atoms with E-state index in [9.17, 15) is 18.8 Å². The SMILES string of the molecule is CC(=O)NC[C@H]1CN(c2ccc(N3C=NN(C(=O)Cc4csc(N)n4)CC3)c(F)c2)C(=O)O1. The lowest BCUT2D eigenvalue weighted by Gasteiger charge is -2.29. The summed E-state index contributed by atoms with van der Waals surface area (Å²) < 4.78 is 20.1. The Morgan fingerprint density at radius 2 is 2.18 bits per heavy atom. The first-order valence-electron chi connectivity index (χ1n) is 10.1. The minimum Gasteiger partial charge on any atom is -0.442 e. The Morgan fingerprint density at radius 1 is 1.36 bits per heavy atom. The number of hydrogen-bond acceptors (Lipinski definition) is 9. The van der Waals surface area contributed by atoms with Crippen molar-refractivity contribution in [1.82, 2.24) is 15.3 Å². The van der Waals surface area contributed by atoms with Crippen LogP contribution in [-0.4, -0.2) is 66.5 Å². The number of aromatic nitrogens is 1. The molecule has 2 aromatic rings. The molecule has 174 valence electrons. The van der Waals surface area contributed by atoms with Gasteiger partial charge in [-0.25, -0.2) is 19.2 Å². The van der Waals surface area contributed by atoms with Crippen LogP contribution in [0.4, 0.5) is 25.7 Å². The van der Waals surface area contributed by atoms with Crippen LogP contribution >= 0.6 is 11.3 Å². The number of carbonyl (C=O) groups is 3. The van der Waals surface area contributed by atoms with Crippen molar-refractivity contribution >= 4 is 52.1 Å². The van der Waals surface area contributed by atoms with Crippen LogP contribution in [0.5, 0.6) is 0 Å². The van der Waals surface area contributed by atoms with E-state index in [1.165, 1.54) is 40.6 Å². The van der Waals surface area contributed by atoms with Crippen molar-refractivity contribution in [3.8, 4) is 0 Å². The fourth-order valence-electron chi connectivity index (χ4n) is 3.46. The van der Waals surface area contributed by atoms with Gasteiger partial charge < -0.3 is 20.7 Å². The van der Waals surface area contributed by atoms with Crippen molar-refractivity contribution in [2.45, 2.75) is 19.4 Å². The number of anilines is 3. The van der Waals surface area contributed by atoms with Crippen LogP contribution in [0.15, 0.2) is 28.7 Å². The predicted octanol–water partition coefficient (Wildman–Crippen LogP) is 1.16. The number of hydrazone groups is 1. The third-order valence-corrected chi connectivity index (χ3v) is 5.80. The summed E-state index contributed by atoms with van der Waals surface area (Å²) in [5.41, 5.74) is 6.79. The lowest BCUT2D eigenvalue weighted by molar-refractivity contribution is -0.130. The van der Waals surface area contributed by atoms with Gasteiger partial charge >= 0.3 is 6.09 Å². The second kappa shape index (κ2) is 9.40. The molecule has 3 amide bonds. The number of thiazole rings is 1. The number of nitrogens with two attached hydrogens (primary N) is 1. The van der Waals surface area contributed by atoms with Gasteiger partial charge in [0.05, 0.1) is 43.1 Å². The largest absolute Gasteiger partial charge is 0.442 e. The van der Waals surface area contributed by atoms with Crippen LogP contribution < -0.4 is 20.9 Å². The first-order chi connectivity index (χ1) is 15.8. The van der Waals surface area contributed by atoms with Gasteiger partial charge in [0, 0.05) is 18.8 Å². The summed E-state index contributed by atoms with van der Waals surface area (Å²) in [6, 6.07) is 4.40. The fourth-order valence-corrected chi connectivity index (χ4v) is 4.02. The summed E-state index contributed by atoms with van der Waals surface area (Å²) in [4.78, 5) is 42.6. The van der Waals surface area contributed by atoms with Crippen LogP contribution in [-0.2, 0) is 20.7 Å². The average molecular weight is 476 g/mol. The highest BCUT2D eigenvalue weighted by Crippen LogP contribution is 2.28. The minimum atomic E-state index is -0.604. The van der Waals surface area contributed by atoms with Gasteiger partial charge in [0.1, 0.15) is 18.3 Å². The maximum atomic E-state index is 14.9. The van der Waals surface area contributed by atoms with E-state index in [-0.39, 0.29) is 43.6 Å². The smallest absolute Gasteiger partial charge is 0.414 e. The van der Waals surface area contributed by atoms with Crippen LogP contribution in [0.3, 0.4) is 0 Å². The van der Waals surface area contributed by atoms with E-state index in [0.29, 0.717) is 23.1 Å². The number of rotatable bonds is 6. The fraction of sp³-hybridized carbons (Fsp3) is 0.350. The van der Waals surface area contributed by atoms with Gasteiger partial charge in [0.15, 0.2) is 5.13 Å². The summed E-state index contributed by atoms with van der Waals surface area (Å²) >= 11 is 1.26. The van der Waals surface area contributed by atoms with Crippen molar-refractivity contribution in [3.05, 3.63) is 35.1 Å². The topological polar surface area (TPSA) is 133 Å². The summed E-state index contributed by atoms with van der Waals surface area (Å²) in [5.74, 6) is -1.00. The zero-order valence-electron chi connectivity index (χ0n) is 17.7. The van der Waals surface area contributed by atoms with Gasteiger partial charge in [0.25, 0.3) is 0 Å². The number of ether oxygens (including phenoxy) is 1. The summed E-state index contributed by atoms with van der Waals surface area (Å²) in [6.07, 6.45) is 0.362. The molecule has 2 aliphatic heterocycles. The van der Waals surface area contributed by atoms with Gasteiger partial charge in [-0.05, 0) is 18.2 Å². The number of cyclic esters (lactones) is 1. The van der Waals surface area contributed by atoms with Crippen molar-refractivity contribution < 1.29 is 23.5 Å². The van der Waals surface area contributed by atoms with Gasteiger partial charge in [-0.3, -0.25) is 14.5 Å². The lowest BCUT2D eigenvalue weighted by Crippen LogP contribution is -2.41. The highest BCUT2D eigenvalue weighted by Gasteiger charge is 2.33. The maximum absolute atomic E-state index is 14.9. The van der Waals surface area contributed by atoms with Crippen LogP contribution in [0, 0.1) is 5.82 Å². The molecular weight excluding hydrogens is 453 g/mol. The number of halogens is 1. The van der Waals surface area contributed by atoms with Crippen molar-refractivity contribution in [2.24, 2.45) is 5.10 Å². The van der Waals surface area contributed by atoms with Gasteiger partial charge in [-0.2, -0.15) is 5.10 Å². The first kappa shape index (κ1) is 22.5. The molecule has 3 heterocycles. The summed E-state index contributed by atoms with van der Waals surface area (Å²) in [7, 11) is 0. The van der Waals surface area contributed by atoms with Crippen LogP contribution in [0.2, 0.25) is 0 Å². The Balaban J connectivity index is 1.38. The number of hydrogen-bond donors (Lipinski definition) is 2. The molecule has 2 aliphatic rings. The molecule has 1 aromatic heterocycles. The van der Waals surface area contributed by atoms with Gasteiger partial charge in [0.2, 0.25) is 11.8 Å². The Labute approximate surface area is 192 Å². The number of nitrogens with one attached hydrogen (secondary N) is 1. The molecule has 33 heavy (non-hydrogen) atoms. The van der Waals surface area contributed by atoms with Crippen molar-refractivity contribution in [2.75, 3.05) is 41.7 Å². The molecule has 0 saturated carbocycles. The summed E-state index contributed by atoms with van der Waals surface area (Å²) in [6.45, 7) is 2.38. The van der Waals surface area contributed by atoms with Gasteiger partial charge in [-0.1, -0.05) is 0 Å². The lowest BCUT2D eigenvalue weighted by atomic mass is 10.2. The average Bonchev–Trinajstić information content (AvgIpc) is 3.37. The van der Waals surface area contributed by atoms with E-state index >= 15 is 0 Å². The molecule has 3 N–H and O–H groups in total. The Hall–Kier alpha value is -3.74. The minimum absolute atomic E-state index is 0.0863. The van der Waals surface area contributed by atoms with E-state index in [0.717, 1.165) is 0 Å². The highest BCUT2D eigenvalue weighted by atomic mass is 32.1. The monoisotopic (exact) mass is 475 g/mol. The normalized spacial score (nSPS) is 17.9. The molecule has 0 unspecified atom stereocenters. The first-order valence-corrected chi connectivity index (χ1v) is 11.0. The highest BCUT2D eigenvalue weighted by molar-refractivity contribution is 7.13. The number of nitrogens with zero attached hydrogens (tertiary/aromatic N) is 5. The molecular formula is C20H22FN7O4S. The van der Waals surface area contributed by atoms with E-state index in [1.54, 1.807) is 22.4 Å². The zero-order valence-corrected chi connectivity index (χ0v) is 18.5. The molecule has 0 bridgehead atoms. The molecule has 1 atom stereocenters. The van der Waals surface area contributed by atoms with Crippen LogP contribution in [0.25, 0.3) is 0 Å². The second-order valence-corrected chi connectivity index (χ2v) is 8.37. The third-order valence-electron chi connectivity index (χ3n) is 5.08. The van der Waals surface area contributed by atoms with E-state index < -0.39 is 18.0 Å². The number of amides is 3. The molecule has 11 nitrogen and oxygen atoms in total.